The number of para-hydroxylation sites is 1. The Labute approximate surface area is 275 Å². The van der Waals surface area contributed by atoms with E-state index in [9.17, 15) is 13.2 Å². The molecule has 0 aliphatic carbocycles. The highest BCUT2D eigenvalue weighted by atomic mass is 32.2. The number of sulfonamides is 1. The first-order valence-corrected chi connectivity index (χ1v) is 17.4. The van der Waals surface area contributed by atoms with E-state index in [1.54, 1.807) is 30.3 Å². The third-order valence-corrected chi connectivity index (χ3v) is 11.4. The van der Waals surface area contributed by atoms with E-state index in [4.69, 9.17) is 14.9 Å². The Morgan fingerprint density at radius 1 is 1.09 bits per heavy atom. The van der Waals surface area contributed by atoms with E-state index in [2.05, 4.69) is 28.5 Å². The van der Waals surface area contributed by atoms with E-state index in [0.717, 1.165) is 38.9 Å². The van der Waals surface area contributed by atoms with Crippen molar-refractivity contribution < 1.29 is 22.4 Å². The van der Waals surface area contributed by atoms with Gasteiger partial charge in [0.1, 0.15) is 28.0 Å². The minimum atomic E-state index is -3.85. The van der Waals surface area contributed by atoms with Gasteiger partial charge in [0.05, 0.1) is 23.9 Å². The molecule has 2 aromatic heterocycles. The van der Waals surface area contributed by atoms with Crippen molar-refractivity contribution in [2.45, 2.75) is 83.4 Å². The molecule has 0 saturated heterocycles. The topological polar surface area (TPSA) is 134 Å². The van der Waals surface area contributed by atoms with E-state index in [1.807, 2.05) is 58.4 Å². The predicted octanol–water partition coefficient (Wildman–Crippen LogP) is 6.23. The Kier molecular flexibility index (Phi) is 8.48. The summed E-state index contributed by atoms with van der Waals surface area (Å²) in [6.45, 7) is 13.2. The van der Waals surface area contributed by atoms with Crippen LogP contribution in [0, 0.1) is 13.8 Å². The van der Waals surface area contributed by atoms with Crippen LogP contribution in [-0.2, 0) is 28.5 Å². The lowest BCUT2D eigenvalue weighted by Crippen LogP contribution is -2.36. The fraction of sp³-hybridized carbons (Fsp3) is 0.361. The van der Waals surface area contributed by atoms with Gasteiger partial charge in [0.2, 0.25) is 10.0 Å². The van der Waals surface area contributed by atoms with Gasteiger partial charge in [-0.3, -0.25) is 4.79 Å². The number of carbonyl (C=O) groups excluding carboxylic acids is 1. The molecule has 2 atom stereocenters. The molecule has 0 radical (unpaired) electrons. The van der Waals surface area contributed by atoms with Crippen molar-refractivity contribution in [1.29, 1.82) is 0 Å². The van der Waals surface area contributed by atoms with Gasteiger partial charge < -0.3 is 14.9 Å². The number of nitrogens with zero attached hydrogens (tertiary/aromatic N) is 4. The molecule has 0 spiro atoms. The number of amides is 1. The lowest BCUT2D eigenvalue weighted by Gasteiger charge is -2.36. The van der Waals surface area contributed by atoms with Gasteiger partial charge in [0.15, 0.2) is 0 Å². The first kappa shape index (κ1) is 32.5. The molecule has 0 bridgehead atoms. The van der Waals surface area contributed by atoms with Crippen LogP contribution in [0.1, 0.15) is 84.0 Å². The van der Waals surface area contributed by atoms with Gasteiger partial charge in [-0.05, 0) is 79.3 Å². The zero-order valence-electron chi connectivity index (χ0n) is 27.6. The molecule has 1 amide bonds. The summed E-state index contributed by atoms with van der Waals surface area (Å²) in [6.07, 6.45) is 1.86. The van der Waals surface area contributed by atoms with Crippen LogP contribution >= 0.6 is 0 Å². The number of furan rings is 1. The van der Waals surface area contributed by atoms with Crippen LogP contribution in [0.3, 0.4) is 0 Å². The monoisotopic (exact) mass is 655 g/mol. The third-order valence-electron chi connectivity index (χ3n) is 9.51. The van der Waals surface area contributed by atoms with Gasteiger partial charge in [0, 0.05) is 24.4 Å². The number of fused-ring (bicyclic) bond motifs is 2. The average molecular weight is 656 g/mol. The van der Waals surface area contributed by atoms with Crippen molar-refractivity contribution in [1.82, 2.24) is 19.3 Å². The van der Waals surface area contributed by atoms with Crippen LogP contribution in [0.4, 0.5) is 0 Å². The maximum absolute atomic E-state index is 14.0. The van der Waals surface area contributed by atoms with Crippen LogP contribution in [-0.4, -0.2) is 46.3 Å². The molecule has 3 aromatic carbocycles. The Balaban J connectivity index is 1.51. The predicted molar refractivity (Wildman–Crippen MR) is 180 cm³/mol. The zero-order chi connectivity index (χ0) is 33.7. The standard InChI is InChI=1S/C36H41N5O5S/c1-7-26-21-40(47(43,44)31-12-10-9-11-30(31)46-26)20-25-19-24(14-13-22(25)3)32(36(5,6)34-28(35(37)42)17-18-45-34)27-15-16-29-33(23(27)4)38-39-41(29)8-2/h9-19,26,32H,7-8,20-21H2,1-6H3,(H2,37,42)/t26-,32+/m1/s1. The van der Waals surface area contributed by atoms with Gasteiger partial charge in [-0.15, -0.1) is 5.10 Å². The van der Waals surface area contributed by atoms with Crippen molar-refractivity contribution in [2.75, 3.05) is 6.54 Å². The summed E-state index contributed by atoms with van der Waals surface area (Å²) < 4.78 is 43.6. The maximum Gasteiger partial charge on any atom is 0.252 e. The molecule has 3 heterocycles. The molecule has 1 aliphatic heterocycles. The van der Waals surface area contributed by atoms with E-state index in [-0.39, 0.29) is 30.0 Å². The number of aryl methyl sites for hydroxylation is 3. The number of nitrogens with two attached hydrogens (primary N) is 1. The second kappa shape index (κ2) is 12.3. The first-order valence-electron chi connectivity index (χ1n) is 15.9. The molecule has 1 aliphatic rings. The zero-order valence-corrected chi connectivity index (χ0v) is 28.5. The second-order valence-corrected chi connectivity index (χ2v) is 14.7. The molecule has 11 heteroatoms. The minimum absolute atomic E-state index is 0.166. The largest absolute Gasteiger partial charge is 0.488 e. The summed E-state index contributed by atoms with van der Waals surface area (Å²) in [5.74, 6) is -0.0507. The highest BCUT2D eigenvalue weighted by molar-refractivity contribution is 7.89. The third kappa shape index (κ3) is 5.61. The Bertz CT molecular complexity index is 2080. The summed E-state index contributed by atoms with van der Waals surface area (Å²) in [6, 6.07) is 18.7. The summed E-state index contributed by atoms with van der Waals surface area (Å²) in [7, 11) is -3.85. The van der Waals surface area contributed by atoms with Crippen molar-refractivity contribution in [2.24, 2.45) is 5.73 Å². The van der Waals surface area contributed by atoms with Crippen LogP contribution in [0.2, 0.25) is 0 Å². The number of primary amides is 1. The Morgan fingerprint density at radius 2 is 1.85 bits per heavy atom. The lowest BCUT2D eigenvalue weighted by molar-refractivity contribution is 0.0995. The van der Waals surface area contributed by atoms with Crippen LogP contribution in [0.15, 0.2) is 76.2 Å². The summed E-state index contributed by atoms with van der Waals surface area (Å²) in [4.78, 5) is 12.7. The van der Waals surface area contributed by atoms with Gasteiger partial charge >= 0.3 is 0 Å². The van der Waals surface area contributed by atoms with Gasteiger partial charge in [0.25, 0.3) is 5.91 Å². The molecule has 0 fully saturated rings. The van der Waals surface area contributed by atoms with Crippen molar-refractivity contribution >= 4 is 27.0 Å². The average Bonchev–Trinajstić information content (AvgIpc) is 3.70. The number of ether oxygens (including phenoxy) is 1. The number of aromatic nitrogens is 3. The van der Waals surface area contributed by atoms with Crippen LogP contribution in [0.25, 0.3) is 11.0 Å². The summed E-state index contributed by atoms with van der Waals surface area (Å²) >= 11 is 0. The van der Waals surface area contributed by atoms with Crippen molar-refractivity contribution in [3.63, 3.8) is 0 Å². The summed E-state index contributed by atoms with van der Waals surface area (Å²) in [5, 5.41) is 8.87. The van der Waals surface area contributed by atoms with E-state index in [0.29, 0.717) is 30.0 Å². The minimum Gasteiger partial charge on any atom is -0.488 e. The maximum atomic E-state index is 14.0. The normalized spacial score (nSPS) is 17.2. The molecule has 47 heavy (non-hydrogen) atoms. The molecule has 10 nitrogen and oxygen atoms in total. The number of hydrogen-bond acceptors (Lipinski definition) is 7. The van der Waals surface area contributed by atoms with Crippen molar-refractivity contribution in [3.05, 3.63) is 106 Å². The van der Waals surface area contributed by atoms with E-state index < -0.39 is 21.3 Å². The molecular formula is C36H41N5O5S. The Hall–Kier alpha value is -4.48. The molecule has 2 N–H and O–H groups in total. The first-order chi connectivity index (χ1) is 22.4. The van der Waals surface area contributed by atoms with Gasteiger partial charge in [-0.25, -0.2) is 13.1 Å². The highest BCUT2D eigenvalue weighted by Gasteiger charge is 2.41. The molecule has 6 rings (SSSR count). The molecule has 0 unspecified atom stereocenters. The SMILES string of the molecule is CC[C@@H]1CN(Cc2cc([C@@H](c3ccc4c(nnn4CC)c3C)C(C)(C)c3occc3C(N)=O)ccc2C)S(=O)(=O)c2ccccc2O1. The highest BCUT2D eigenvalue weighted by Crippen LogP contribution is 2.47. The van der Waals surface area contributed by atoms with E-state index in [1.165, 1.54) is 10.6 Å². The molecule has 5 aromatic rings. The Morgan fingerprint density at radius 3 is 2.57 bits per heavy atom. The quantitative estimate of drug-likeness (QED) is 0.199. The molecular weight excluding hydrogens is 614 g/mol. The number of benzene rings is 3. The van der Waals surface area contributed by atoms with Crippen LogP contribution < -0.4 is 10.5 Å². The second-order valence-electron chi connectivity index (χ2n) is 12.8. The van der Waals surface area contributed by atoms with Crippen molar-refractivity contribution in [3.8, 4) is 5.75 Å². The molecule has 0 saturated carbocycles. The van der Waals surface area contributed by atoms with Gasteiger partial charge in [-0.1, -0.05) is 62.4 Å². The number of hydrogen-bond donors (Lipinski definition) is 1. The van der Waals surface area contributed by atoms with E-state index >= 15 is 0 Å². The molecule has 246 valence electrons. The fourth-order valence-electron chi connectivity index (χ4n) is 6.88. The summed E-state index contributed by atoms with van der Waals surface area (Å²) in [5.41, 5.74) is 11.8. The smallest absolute Gasteiger partial charge is 0.252 e. The van der Waals surface area contributed by atoms with Gasteiger partial charge in [-0.2, -0.15) is 4.31 Å². The van der Waals surface area contributed by atoms with Crippen LogP contribution in [0.5, 0.6) is 5.75 Å². The fourth-order valence-corrected chi connectivity index (χ4v) is 8.45. The number of rotatable bonds is 9. The number of carbonyl (C=O) groups is 1. The lowest BCUT2D eigenvalue weighted by atomic mass is 9.67.